The molecule has 4 rings (SSSR count). The third kappa shape index (κ3) is 3.75. The third-order valence-corrected chi connectivity index (χ3v) is 4.97. The molecular weight excluding hydrogens is 370 g/mol. The normalized spacial score (nSPS) is 13.2. The van der Waals surface area contributed by atoms with E-state index in [1.165, 1.54) is 0 Å². The highest BCUT2D eigenvalue weighted by Gasteiger charge is 2.30. The Kier molecular flexibility index (Phi) is 5.10. The summed E-state index contributed by atoms with van der Waals surface area (Å²) in [5, 5.41) is 22.0. The molecule has 29 heavy (non-hydrogen) atoms. The standard InChI is InChI=1S/C22H21N3O4/c1-28-10-11-29-17-8-9-18-19(13-23)21(25(16-6-7-16)20(18)12-17)14-2-4-15(5-3-14)24-22(26)27/h2-5,8-9,12,16,24H,6-7,10-11H2,1H3,(H,26,27). The fourth-order valence-corrected chi connectivity index (χ4v) is 3.57. The number of amides is 1. The lowest BCUT2D eigenvalue weighted by atomic mass is 10.1. The number of benzene rings is 2. The third-order valence-electron chi connectivity index (χ3n) is 4.97. The highest BCUT2D eigenvalue weighted by molar-refractivity contribution is 5.96. The number of nitriles is 1. The Balaban J connectivity index is 1.81. The molecule has 2 N–H and O–H groups in total. The van der Waals surface area contributed by atoms with Crippen LogP contribution in [0.1, 0.15) is 24.4 Å². The van der Waals surface area contributed by atoms with Gasteiger partial charge in [0, 0.05) is 30.3 Å². The van der Waals surface area contributed by atoms with Crippen LogP contribution in [0.25, 0.3) is 22.2 Å². The summed E-state index contributed by atoms with van der Waals surface area (Å²) in [5.41, 5.74) is 3.82. The van der Waals surface area contributed by atoms with Crippen molar-refractivity contribution < 1.29 is 19.4 Å². The lowest BCUT2D eigenvalue weighted by Crippen LogP contribution is -2.06. The number of methoxy groups -OCH3 is 1. The van der Waals surface area contributed by atoms with Crippen LogP contribution in [0, 0.1) is 11.3 Å². The van der Waals surface area contributed by atoms with Gasteiger partial charge in [-0.25, -0.2) is 4.79 Å². The van der Waals surface area contributed by atoms with E-state index in [1.807, 2.05) is 30.3 Å². The molecule has 7 nitrogen and oxygen atoms in total. The number of fused-ring (bicyclic) bond motifs is 1. The van der Waals surface area contributed by atoms with Gasteiger partial charge in [-0.05, 0) is 42.7 Å². The number of nitrogens with one attached hydrogen (secondary N) is 1. The van der Waals surface area contributed by atoms with Crippen molar-refractivity contribution in [3.8, 4) is 23.1 Å². The van der Waals surface area contributed by atoms with E-state index in [2.05, 4.69) is 16.0 Å². The van der Waals surface area contributed by atoms with Crippen LogP contribution in [0.2, 0.25) is 0 Å². The summed E-state index contributed by atoms with van der Waals surface area (Å²) in [6, 6.07) is 15.6. The number of carboxylic acid groups (broad SMARTS) is 1. The van der Waals surface area contributed by atoms with Gasteiger partial charge in [0.15, 0.2) is 0 Å². The van der Waals surface area contributed by atoms with Crippen molar-refractivity contribution in [3.05, 3.63) is 48.0 Å². The summed E-state index contributed by atoms with van der Waals surface area (Å²) >= 11 is 0. The van der Waals surface area contributed by atoms with E-state index in [1.54, 1.807) is 19.2 Å². The minimum absolute atomic E-state index is 0.348. The lowest BCUT2D eigenvalue weighted by molar-refractivity contribution is 0.146. The van der Waals surface area contributed by atoms with Gasteiger partial charge in [0.25, 0.3) is 0 Å². The summed E-state index contributed by atoms with van der Waals surface area (Å²) in [7, 11) is 1.63. The maximum atomic E-state index is 10.8. The van der Waals surface area contributed by atoms with Crippen LogP contribution in [0.3, 0.4) is 0 Å². The van der Waals surface area contributed by atoms with Crippen molar-refractivity contribution in [3.63, 3.8) is 0 Å². The maximum Gasteiger partial charge on any atom is 0.409 e. The number of hydrogen-bond acceptors (Lipinski definition) is 4. The molecule has 0 atom stereocenters. The smallest absolute Gasteiger partial charge is 0.409 e. The highest BCUT2D eigenvalue weighted by atomic mass is 16.5. The predicted molar refractivity (Wildman–Crippen MR) is 109 cm³/mol. The zero-order chi connectivity index (χ0) is 20.4. The molecule has 0 saturated heterocycles. The van der Waals surface area contributed by atoms with E-state index in [0.29, 0.717) is 30.5 Å². The molecule has 1 aliphatic rings. The number of rotatable bonds is 7. The van der Waals surface area contributed by atoms with E-state index in [9.17, 15) is 10.1 Å². The van der Waals surface area contributed by atoms with Crippen molar-refractivity contribution in [1.29, 1.82) is 5.26 Å². The molecule has 0 unspecified atom stereocenters. The summed E-state index contributed by atoms with van der Waals surface area (Å²) in [4.78, 5) is 10.8. The van der Waals surface area contributed by atoms with Crippen LogP contribution in [-0.4, -0.2) is 36.1 Å². The number of anilines is 1. The molecule has 0 spiro atoms. The van der Waals surface area contributed by atoms with Crippen molar-refractivity contribution in [2.75, 3.05) is 25.6 Å². The average molecular weight is 391 g/mol. The first-order chi connectivity index (χ1) is 14.1. The van der Waals surface area contributed by atoms with E-state index in [0.717, 1.165) is 40.8 Å². The zero-order valence-corrected chi connectivity index (χ0v) is 16.0. The fraction of sp³-hybridized carbons (Fsp3) is 0.273. The molecule has 1 amide bonds. The molecule has 1 fully saturated rings. The monoisotopic (exact) mass is 391 g/mol. The SMILES string of the molecule is COCCOc1ccc2c(C#N)c(-c3ccc(NC(=O)O)cc3)n(C3CC3)c2c1. The molecule has 3 aromatic rings. The molecule has 0 radical (unpaired) electrons. The Hall–Kier alpha value is -3.50. The van der Waals surface area contributed by atoms with Gasteiger partial charge in [-0.3, -0.25) is 5.32 Å². The quantitative estimate of drug-likeness (QED) is 0.573. The molecular formula is C22H21N3O4. The van der Waals surface area contributed by atoms with E-state index >= 15 is 0 Å². The summed E-state index contributed by atoms with van der Waals surface area (Å²) in [6.07, 6.45) is 1.02. The Labute approximate surface area is 168 Å². The van der Waals surface area contributed by atoms with Crippen molar-refractivity contribution in [1.82, 2.24) is 4.57 Å². The number of carbonyl (C=O) groups is 1. The second-order valence-electron chi connectivity index (χ2n) is 6.96. The maximum absolute atomic E-state index is 10.8. The Morgan fingerprint density at radius 3 is 2.62 bits per heavy atom. The van der Waals surface area contributed by atoms with Crippen LogP contribution in [0.5, 0.6) is 5.75 Å². The van der Waals surface area contributed by atoms with Crippen LogP contribution in [0.15, 0.2) is 42.5 Å². The summed E-state index contributed by atoms with van der Waals surface area (Å²) < 4.78 is 13.0. The molecule has 7 heteroatoms. The van der Waals surface area contributed by atoms with Crippen LogP contribution >= 0.6 is 0 Å². The minimum atomic E-state index is -1.11. The van der Waals surface area contributed by atoms with E-state index in [-0.39, 0.29) is 0 Å². The first kappa shape index (κ1) is 18.8. The van der Waals surface area contributed by atoms with Gasteiger partial charge in [-0.15, -0.1) is 0 Å². The molecule has 1 heterocycles. The van der Waals surface area contributed by atoms with Gasteiger partial charge in [-0.1, -0.05) is 12.1 Å². The minimum Gasteiger partial charge on any atom is -0.491 e. The Morgan fingerprint density at radius 2 is 2.00 bits per heavy atom. The van der Waals surface area contributed by atoms with E-state index in [4.69, 9.17) is 14.6 Å². The topological polar surface area (TPSA) is 96.5 Å². The van der Waals surface area contributed by atoms with Crippen LogP contribution in [-0.2, 0) is 4.74 Å². The largest absolute Gasteiger partial charge is 0.491 e. The number of aromatic nitrogens is 1. The van der Waals surface area contributed by atoms with Gasteiger partial charge >= 0.3 is 6.09 Å². The average Bonchev–Trinajstić information content (AvgIpc) is 3.49. The molecule has 0 bridgehead atoms. The Bertz CT molecular complexity index is 1090. The molecule has 1 aromatic heterocycles. The van der Waals surface area contributed by atoms with Crippen molar-refractivity contribution in [2.45, 2.75) is 18.9 Å². The molecule has 148 valence electrons. The number of ether oxygens (including phenoxy) is 2. The highest BCUT2D eigenvalue weighted by Crippen LogP contribution is 2.45. The first-order valence-electron chi connectivity index (χ1n) is 9.42. The second kappa shape index (κ2) is 7.86. The molecule has 0 aliphatic heterocycles. The molecule has 2 aromatic carbocycles. The molecule has 1 saturated carbocycles. The zero-order valence-electron chi connectivity index (χ0n) is 16.0. The van der Waals surface area contributed by atoms with Crippen LogP contribution in [0.4, 0.5) is 10.5 Å². The van der Waals surface area contributed by atoms with E-state index < -0.39 is 6.09 Å². The van der Waals surface area contributed by atoms with Gasteiger partial charge < -0.3 is 19.1 Å². The fourth-order valence-electron chi connectivity index (χ4n) is 3.57. The van der Waals surface area contributed by atoms with Crippen molar-refractivity contribution in [2.24, 2.45) is 0 Å². The second-order valence-corrected chi connectivity index (χ2v) is 6.96. The van der Waals surface area contributed by atoms with Gasteiger partial charge in [0.2, 0.25) is 0 Å². The van der Waals surface area contributed by atoms with Crippen LogP contribution < -0.4 is 10.1 Å². The summed E-state index contributed by atoms with van der Waals surface area (Å²) in [6.45, 7) is 0.968. The Morgan fingerprint density at radius 1 is 1.24 bits per heavy atom. The van der Waals surface area contributed by atoms with Gasteiger partial charge in [-0.2, -0.15) is 5.26 Å². The van der Waals surface area contributed by atoms with Gasteiger partial charge in [0.1, 0.15) is 18.4 Å². The first-order valence-corrected chi connectivity index (χ1v) is 9.42. The predicted octanol–water partition coefficient (Wildman–Crippen LogP) is 4.63. The van der Waals surface area contributed by atoms with Crippen molar-refractivity contribution >= 4 is 22.7 Å². The van der Waals surface area contributed by atoms with Gasteiger partial charge in [0.05, 0.1) is 23.4 Å². The molecule has 1 aliphatic carbocycles. The summed E-state index contributed by atoms with van der Waals surface area (Å²) in [5.74, 6) is 0.742. The number of hydrogen-bond donors (Lipinski definition) is 2. The lowest BCUT2D eigenvalue weighted by Gasteiger charge is -2.12. The number of nitrogens with zero attached hydrogens (tertiary/aromatic N) is 2.